The van der Waals surface area contributed by atoms with Crippen molar-refractivity contribution in [1.82, 2.24) is 0 Å². The highest BCUT2D eigenvalue weighted by Gasteiger charge is 2.25. The molecule has 7 heteroatoms. The van der Waals surface area contributed by atoms with Gasteiger partial charge in [0, 0.05) is 11.0 Å². The summed E-state index contributed by atoms with van der Waals surface area (Å²) >= 11 is 7.00. The number of carbonyl (C=O) groups is 1. The Morgan fingerprint density at radius 1 is 1.47 bits per heavy atom. The minimum Gasteiger partial charge on any atom is -0.480 e. The Morgan fingerprint density at radius 3 is 2.47 bits per heavy atom. The number of hydrogen-bond acceptors (Lipinski definition) is 4. The molecule has 0 bridgehead atoms. The number of nitro groups is 1. The topological polar surface area (TPSA) is 80.4 Å². The summed E-state index contributed by atoms with van der Waals surface area (Å²) < 4.78 is 0. The van der Waals surface area contributed by atoms with E-state index < -0.39 is 16.1 Å². The molecule has 0 spiro atoms. The smallest absolute Gasteiger partial charge is 0.317 e. The van der Waals surface area contributed by atoms with Crippen LogP contribution in [0.1, 0.15) is 19.4 Å². The number of halogens is 1. The molecule has 0 aliphatic carbocycles. The summed E-state index contributed by atoms with van der Waals surface area (Å²) in [6.45, 7) is 5.33. The van der Waals surface area contributed by atoms with E-state index in [4.69, 9.17) is 16.7 Å². The SMILES string of the molecule is Cc1cc([N+](=O)[O-])c(Cl)cc1SC(C(=O)O)C(C)C. The average molecular weight is 304 g/mol. The molecule has 0 radical (unpaired) electrons. The van der Waals surface area contributed by atoms with Gasteiger partial charge in [0.25, 0.3) is 5.69 Å². The van der Waals surface area contributed by atoms with Crippen LogP contribution in [0.5, 0.6) is 0 Å². The zero-order valence-corrected chi connectivity index (χ0v) is 12.3. The maximum absolute atomic E-state index is 11.2. The van der Waals surface area contributed by atoms with Crippen LogP contribution in [0.2, 0.25) is 5.02 Å². The van der Waals surface area contributed by atoms with E-state index in [1.807, 2.05) is 13.8 Å². The summed E-state index contributed by atoms with van der Waals surface area (Å²) in [5.74, 6) is -0.968. The van der Waals surface area contributed by atoms with E-state index in [1.165, 1.54) is 12.1 Å². The van der Waals surface area contributed by atoms with Gasteiger partial charge in [-0.2, -0.15) is 0 Å². The van der Waals surface area contributed by atoms with Gasteiger partial charge in [0.1, 0.15) is 10.3 Å². The van der Waals surface area contributed by atoms with Gasteiger partial charge in [-0.15, -0.1) is 11.8 Å². The van der Waals surface area contributed by atoms with Crippen LogP contribution in [0.25, 0.3) is 0 Å². The van der Waals surface area contributed by atoms with Gasteiger partial charge in [0.15, 0.2) is 0 Å². The first-order chi connectivity index (χ1) is 8.73. The highest BCUT2D eigenvalue weighted by molar-refractivity contribution is 8.00. The van der Waals surface area contributed by atoms with Gasteiger partial charge in [-0.05, 0) is 24.5 Å². The lowest BCUT2D eigenvalue weighted by molar-refractivity contribution is -0.384. The Kier molecular flexibility index (Phi) is 5.20. The van der Waals surface area contributed by atoms with E-state index in [9.17, 15) is 14.9 Å². The van der Waals surface area contributed by atoms with Crippen molar-refractivity contribution >= 4 is 35.0 Å². The van der Waals surface area contributed by atoms with Gasteiger partial charge in [0.05, 0.1) is 4.92 Å². The fourth-order valence-corrected chi connectivity index (χ4v) is 2.90. The average Bonchev–Trinajstić information content (AvgIpc) is 2.28. The molecule has 0 aliphatic heterocycles. The molecule has 104 valence electrons. The van der Waals surface area contributed by atoms with E-state index >= 15 is 0 Å². The van der Waals surface area contributed by atoms with Crippen molar-refractivity contribution < 1.29 is 14.8 Å². The molecule has 0 aliphatic rings. The monoisotopic (exact) mass is 303 g/mol. The molecule has 1 atom stereocenters. The molecule has 1 N–H and O–H groups in total. The molecular weight excluding hydrogens is 290 g/mol. The van der Waals surface area contributed by atoms with E-state index in [2.05, 4.69) is 0 Å². The molecule has 1 aromatic carbocycles. The Labute approximate surface area is 120 Å². The zero-order valence-electron chi connectivity index (χ0n) is 10.7. The predicted octanol–water partition coefficient (Wildman–Crippen LogP) is 3.76. The third-order valence-corrected chi connectivity index (χ3v) is 4.54. The van der Waals surface area contributed by atoms with Crippen LogP contribution in [0.15, 0.2) is 17.0 Å². The lowest BCUT2D eigenvalue weighted by atomic mass is 10.1. The van der Waals surface area contributed by atoms with Gasteiger partial charge >= 0.3 is 5.97 Å². The summed E-state index contributed by atoms with van der Waals surface area (Å²) in [6.07, 6.45) is 0. The minimum absolute atomic E-state index is 0.0194. The summed E-state index contributed by atoms with van der Waals surface area (Å²) in [6, 6.07) is 2.82. The number of carboxylic acids is 1. The summed E-state index contributed by atoms with van der Waals surface area (Å²) in [5, 5.41) is 19.3. The highest BCUT2D eigenvalue weighted by atomic mass is 35.5. The standard InChI is InChI=1S/C12H14ClNO4S/c1-6(2)11(12(15)16)19-10-5-8(13)9(14(17)18)4-7(10)3/h4-6,11H,1-3H3,(H,15,16). The van der Waals surface area contributed by atoms with Gasteiger partial charge in [0.2, 0.25) is 0 Å². The van der Waals surface area contributed by atoms with Crippen molar-refractivity contribution in [2.75, 3.05) is 0 Å². The molecule has 5 nitrogen and oxygen atoms in total. The zero-order chi connectivity index (χ0) is 14.7. The van der Waals surface area contributed by atoms with Crippen LogP contribution in [-0.2, 0) is 4.79 Å². The van der Waals surface area contributed by atoms with Crippen LogP contribution < -0.4 is 0 Å². The molecule has 1 unspecified atom stereocenters. The fraction of sp³-hybridized carbons (Fsp3) is 0.417. The maximum atomic E-state index is 11.2. The number of rotatable bonds is 5. The Morgan fingerprint density at radius 2 is 2.05 bits per heavy atom. The second-order valence-corrected chi connectivity index (χ2v) is 6.04. The number of benzene rings is 1. The van der Waals surface area contributed by atoms with Crippen molar-refractivity contribution in [3.63, 3.8) is 0 Å². The summed E-state index contributed by atoms with van der Waals surface area (Å²) in [4.78, 5) is 22.0. The number of aliphatic carboxylic acids is 1. The van der Waals surface area contributed by atoms with Crippen LogP contribution in [0.3, 0.4) is 0 Å². The molecule has 19 heavy (non-hydrogen) atoms. The minimum atomic E-state index is -0.908. The van der Waals surface area contributed by atoms with Gasteiger partial charge < -0.3 is 5.11 Å². The van der Waals surface area contributed by atoms with Gasteiger partial charge in [-0.3, -0.25) is 14.9 Å². The largest absolute Gasteiger partial charge is 0.480 e. The quantitative estimate of drug-likeness (QED) is 0.509. The van der Waals surface area contributed by atoms with Gasteiger partial charge in [-0.25, -0.2) is 0 Å². The molecule has 0 amide bonds. The second kappa shape index (κ2) is 6.25. The van der Waals surface area contributed by atoms with E-state index in [0.29, 0.717) is 10.5 Å². The Hall–Kier alpha value is -1.27. The van der Waals surface area contributed by atoms with E-state index in [0.717, 1.165) is 11.8 Å². The first-order valence-electron chi connectivity index (χ1n) is 5.58. The fourth-order valence-electron chi connectivity index (χ4n) is 1.52. The van der Waals surface area contributed by atoms with Crippen LogP contribution in [0.4, 0.5) is 5.69 Å². The normalized spacial score (nSPS) is 12.5. The molecule has 0 fully saturated rings. The molecule has 1 rings (SSSR count). The van der Waals surface area contributed by atoms with E-state index in [1.54, 1.807) is 6.92 Å². The summed E-state index contributed by atoms with van der Waals surface area (Å²) in [7, 11) is 0. The molecule has 1 aromatic rings. The number of nitrogens with zero attached hydrogens (tertiary/aromatic N) is 1. The first-order valence-corrected chi connectivity index (χ1v) is 6.83. The number of thioether (sulfide) groups is 1. The molecule has 0 saturated heterocycles. The third-order valence-electron chi connectivity index (χ3n) is 2.54. The second-order valence-electron chi connectivity index (χ2n) is 4.45. The molecule has 0 saturated carbocycles. The predicted molar refractivity (Wildman–Crippen MR) is 75.0 cm³/mol. The summed E-state index contributed by atoms with van der Waals surface area (Å²) in [5.41, 5.74) is 0.480. The van der Waals surface area contributed by atoms with Crippen LogP contribution >= 0.6 is 23.4 Å². The van der Waals surface area contributed by atoms with E-state index in [-0.39, 0.29) is 16.6 Å². The Balaban J connectivity index is 3.12. The maximum Gasteiger partial charge on any atom is 0.317 e. The van der Waals surface area contributed by atoms with Crippen LogP contribution in [0, 0.1) is 23.0 Å². The molecular formula is C12H14ClNO4S. The molecule has 0 aromatic heterocycles. The van der Waals surface area contributed by atoms with Crippen molar-refractivity contribution in [3.8, 4) is 0 Å². The first kappa shape index (κ1) is 15.8. The highest BCUT2D eigenvalue weighted by Crippen LogP contribution is 2.36. The van der Waals surface area contributed by atoms with Crippen molar-refractivity contribution in [2.24, 2.45) is 5.92 Å². The van der Waals surface area contributed by atoms with Crippen molar-refractivity contribution in [3.05, 3.63) is 32.8 Å². The Bertz CT molecular complexity index is 519. The lowest BCUT2D eigenvalue weighted by Gasteiger charge is -2.17. The number of carboxylic acid groups (broad SMARTS) is 1. The molecule has 0 heterocycles. The number of aryl methyl sites for hydroxylation is 1. The van der Waals surface area contributed by atoms with Gasteiger partial charge in [-0.1, -0.05) is 25.4 Å². The lowest BCUT2D eigenvalue weighted by Crippen LogP contribution is -2.22. The van der Waals surface area contributed by atoms with Crippen LogP contribution in [-0.4, -0.2) is 21.2 Å². The number of nitro benzene ring substituents is 1. The third kappa shape index (κ3) is 3.84. The number of hydrogen-bond donors (Lipinski definition) is 1. The van der Waals surface area contributed by atoms with Crippen molar-refractivity contribution in [1.29, 1.82) is 0 Å². The van der Waals surface area contributed by atoms with Crippen molar-refractivity contribution in [2.45, 2.75) is 30.9 Å².